The molecule has 5 aliphatic carbocycles. The van der Waals surface area contributed by atoms with Crippen molar-refractivity contribution in [3.63, 3.8) is 0 Å². The van der Waals surface area contributed by atoms with E-state index in [1.165, 1.54) is 5.56 Å². The van der Waals surface area contributed by atoms with Gasteiger partial charge in [-0.2, -0.15) is 8.42 Å². The molecule has 5 aliphatic rings. The summed E-state index contributed by atoms with van der Waals surface area (Å²) < 4.78 is 32.3. The second kappa shape index (κ2) is 6.96. The fourth-order valence-electron chi connectivity index (χ4n) is 8.90. The number of aryl methyl sites for hydroxylation is 1. The van der Waals surface area contributed by atoms with Crippen LogP contribution in [0.25, 0.3) is 0 Å². The van der Waals surface area contributed by atoms with Gasteiger partial charge in [0.1, 0.15) is 11.5 Å². The molecule has 2 bridgehead atoms. The van der Waals surface area contributed by atoms with Crippen molar-refractivity contribution < 1.29 is 22.2 Å². The van der Waals surface area contributed by atoms with Crippen LogP contribution in [0.3, 0.4) is 0 Å². The number of hydrogen-bond donors (Lipinski definition) is 0. The van der Waals surface area contributed by atoms with Crippen molar-refractivity contribution in [1.29, 1.82) is 0 Å². The maximum absolute atomic E-state index is 13.3. The molecule has 1 aromatic rings. The lowest BCUT2D eigenvalue weighted by molar-refractivity contribution is -0.129. The first-order chi connectivity index (χ1) is 15.9. The molecule has 7 atom stereocenters. The average molecular weight is 485 g/mol. The number of hydrogen-bond acceptors (Lipinski definition) is 5. The summed E-state index contributed by atoms with van der Waals surface area (Å²) in [5.74, 6) is 1.84. The third-order valence-corrected chi connectivity index (χ3v) is 13.0. The van der Waals surface area contributed by atoms with E-state index in [4.69, 9.17) is 4.18 Å². The van der Waals surface area contributed by atoms with Gasteiger partial charge in [-0.25, -0.2) is 0 Å². The zero-order chi connectivity index (χ0) is 24.3. The Balaban J connectivity index is 1.25. The van der Waals surface area contributed by atoms with Crippen molar-refractivity contribution >= 4 is 21.7 Å². The predicted molar refractivity (Wildman–Crippen MR) is 129 cm³/mol. The first-order valence-corrected chi connectivity index (χ1v) is 14.5. The quantitative estimate of drug-likeness (QED) is 0.550. The Morgan fingerprint density at radius 2 is 1.68 bits per heavy atom. The Hall–Kier alpha value is -1.69. The van der Waals surface area contributed by atoms with Crippen LogP contribution >= 0.6 is 0 Å². The van der Waals surface area contributed by atoms with Gasteiger partial charge in [-0.3, -0.25) is 9.59 Å². The Morgan fingerprint density at radius 1 is 0.912 bits per heavy atom. The van der Waals surface area contributed by atoms with E-state index in [1.807, 2.05) is 32.9 Å². The molecule has 184 valence electrons. The molecule has 0 N–H and O–H groups in total. The van der Waals surface area contributed by atoms with Crippen molar-refractivity contribution in [2.45, 2.75) is 90.2 Å². The summed E-state index contributed by atoms with van der Waals surface area (Å²) in [6.45, 7) is 8.16. The Morgan fingerprint density at radius 3 is 2.38 bits per heavy atom. The van der Waals surface area contributed by atoms with Crippen LogP contribution in [-0.4, -0.2) is 25.2 Å². The van der Waals surface area contributed by atoms with Gasteiger partial charge in [-0.1, -0.05) is 33.8 Å². The van der Waals surface area contributed by atoms with Crippen LogP contribution in [0.1, 0.15) is 89.7 Å². The molecule has 6 rings (SSSR count). The summed E-state index contributed by atoms with van der Waals surface area (Å²) in [6.07, 6.45) is 7.11. The number of ketones is 2. The summed E-state index contributed by atoms with van der Waals surface area (Å²) in [7, 11) is -4.07. The molecule has 6 heteroatoms. The number of carbonyl (C=O) groups excluding carboxylic acids is 2. The highest BCUT2D eigenvalue weighted by Gasteiger charge is 2.70. The summed E-state index contributed by atoms with van der Waals surface area (Å²) in [6, 6.07) is 5.71. The van der Waals surface area contributed by atoms with Crippen LogP contribution in [0.2, 0.25) is 0 Å². The molecule has 4 fully saturated rings. The minimum atomic E-state index is -4.07. The minimum Gasteiger partial charge on any atom is -0.382 e. The molecule has 0 amide bonds. The molecular formula is C28H36O5S. The molecule has 0 heterocycles. The molecule has 0 aromatic heterocycles. The van der Waals surface area contributed by atoms with Crippen molar-refractivity contribution in [2.24, 2.45) is 34.0 Å². The monoisotopic (exact) mass is 484 g/mol. The van der Waals surface area contributed by atoms with Crippen LogP contribution in [0.5, 0.6) is 5.75 Å². The van der Waals surface area contributed by atoms with E-state index in [0.29, 0.717) is 29.3 Å². The van der Waals surface area contributed by atoms with Gasteiger partial charge in [0.25, 0.3) is 0 Å². The van der Waals surface area contributed by atoms with E-state index in [2.05, 4.69) is 6.92 Å². The van der Waals surface area contributed by atoms with Crippen LogP contribution in [0.4, 0.5) is 0 Å². The van der Waals surface area contributed by atoms with Gasteiger partial charge in [0.05, 0.1) is 0 Å². The smallest absolute Gasteiger partial charge is 0.319 e. The van der Waals surface area contributed by atoms with E-state index < -0.39 is 20.8 Å². The number of carbonyl (C=O) groups is 2. The third kappa shape index (κ3) is 2.75. The largest absolute Gasteiger partial charge is 0.382 e. The standard InChI is InChI=1S/C28H36O5S/c1-26(2)22-12-14-28(26,4)25(30)24(22)34(31,32)33-17-6-8-18-16(15-17)5-7-20-19(18)11-13-27(3)21(20)9-10-23(27)29/h6,8,15,19-22,24H,5,7,9-14H2,1-4H3/t19-,20-,21+,22?,24?,27+,28?/m1/s1. The van der Waals surface area contributed by atoms with E-state index in [9.17, 15) is 18.0 Å². The van der Waals surface area contributed by atoms with Crippen LogP contribution in [-0.2, 0) is 26.1 Å². The summed E-state index contributed by atoms with van der Waals surface area (Å²) in [5.41, 5.74) is 1.38. The lowest BCUT2D eigenvalue weighted by Gasteiger charge is -2.48. The second-order valence-electron chi connectivity index (χ2n) is 12.8. The van der Waals surface area contributed by atoms with Crippen molar-refractivity contribution in [1.82, 2.24) is 0 Å². The molecule has 0 spiro atoms. The lowest BCUT2D eigenvalue weighted by Crippen LogP contribution is -2.42. The van der Waals surface area contributed by atoms with Gasteiger partial charge in [-0.05, 0) is 97.3 Å². The van der Waals surface area contributed by atoms with Crippen molar-refractivity contribution in [2.75, 3.05) is 0 Å². The van der Waals surface area contributed by atoms with Gasteiger partial charge in [0.2, 0.25) is 0 Å². The lowest BCUT2D eigenvalue weighted by atomic mass is 9.55. The molecule has 3 unspecified atom stereocenters. The van der Waals surface area contributed by atoms with E-state index >= 15 is 0 Å². The fraction of sp³-hybridized carbons (Fsp3) is 0.714. The third-order valence-electron chi connectivity index (χ3n) is 11.4. The van der Waals surface area contributed by atoms with Crippen molar-refractivity contribution in [3.8, 4) is 5.75 Å². The molecule has 34 heavy (non-hydrogen) atoms. The van der Waals surface area contributed by atoms with Crippen LogP contribution in [0.15, 0.2) is 18.2 Å². The minimum absolute atomic E-state index is 0.145. The molecule has 0 saturated heterocycles. The fourth-order valence-corrected chi connectivity index (χ4v) is 10.8. The number of Topliss-reactive ketones (excluding diaryl/α,β-unsaturated/α-hetero) is 2. The van der Waals surface area contributed by atoms with Gasteiger partial charge < -0.3 is 4.18 Å². The zero-order valence-electron chi connectivity index (χ0n) is 20.7. The van der Waals surface area contributed by atoms with E-state index in [0.717, 1.165) is 56.9 Å². The van der Waals surface area contributed by atoms with Gasteiger partial charge in [0, 0.05) is 17.3 Å². The number of fused-ring (bicyclic) bond motifs is 7. The molecule has 0 radical (unpaired) electrons. The topological polar surface area (TPSA) is 77.5 Å². The summed E-state index contributed by atoms with van der Waals surface area (Å²) in [4.78, 5) is 25.8. The molecule has 5 nitrogen and oxygen atoms in total. The summed E-state index contributed by atoms with van der Waals surface area (Å²) >= 11 is 0. The van der Waals surface area contributed by atoms with Gasteiger partial charge >= 0.3 is 10.1 Å². The first kappa shape index (κ1) is 22.8. The predicted octanol–water partition coefficient (Wildman–Crippen LogP) is 5.21. The highest BCUT2D eigenvalue weighted by molar-refractivity contribution is 7.88. The molecular weight excluding hydrogens is 448 g/mol. The Kier molecular flexibility index (Phi) is 4.65. The maximum atomic E-state index is 13.3. The zero-order valence-corrected chi connectivity index (χ0v) is 21.5. The van der Waals surface area contributed by atoms with Crippen molar-refractivity contribution in [3.05, 3.63) is 29.3 Å². The van der Waals surface area contributed by atoms with E-state index in [-0.39, 0.29) is 22.5 Å². The second-order valence-corrected chi connectivity index (χ2v) is 14.4. The van der Waals surface area contributed by atoms with E-state index in [1.54, 1.807) is 6.07 Å². The highest BCUT2D eigenvalue weighted by atomic mass is 32.2. The Bertz CT molecular complexity index is 1200. The number of benzene rings is 1. The SMILES string of the molecule is CC12CCC(C(S(=O)(=O)Oc3ccc4c(c3)CC[C@@H]3[C@@H]4CC[C@]4(C)C(=O)CC[C@@H]34)C1=O)C2(C)C. The Labute approximate surface area is 203 Å². The normalized spacial score (nSPS) is 42.3. The molecule has 1 aromatic carbocycles. The van der Waals surface area contributed by atoms with Gasteiger partial charge in [0.15, 0.2) is 11.0 Å². The number of rotatable bonds is 3. The molecule has 0 aliphatic heterocycles. The molecule has 4 saturated carbocycles. The average Bonchev–Trinajstić information content (AvgIpc) is 3.26. The van der Waals surface area contributed by atoms with Gasteiger partial charge in [-0.15, -0.1) is 0 Å². The first-order valence-electron chi connectivity index (χ1n) is 13.0. The van der Waals surface area contributed by atoms with Crippen LogP contribution < -0.4 is 4.18 Å². The maximum Gasteiger partial charge on any atom is 0.319 e. The summed E-state index contributed by atoms with van der Waals surface area (Å²) in [5, 5.41) is -1.07. The highest BCUT2D eigenvalue weighted by Crippen LogP contribution is 2.65. The van der Waals surface area contributed by atoms with Crippen LogP contribution in [0, 0.1) is 34.0 Å².